The Morgan fingerprint density at radius 3 is 2.41 bits per heavy atom. The number of nitrogens with zero attached hydrogens (tertiary/aromatic N) is 1. The SMILES string of the molecule is COc1ccc(CNC(=O)/C(C#N)=C/c2cc(Br)c(OCc3ccc4ccccc4c3)c(OC)c2)c(OC)c1. The molecule has 0 saturated heterocycles. The summed E-state index contributed by atoms with van der Waals surface area (Å²) in [7, 11) is 4.65. The zero-order chi connectivity index (χ0) is 27.8. The third-order valence-corrected chi connectivity index (χ3v) is 6.65. The minimum Gasteiger partial charge on any atom is -0.497 e. The largest absolute Gasteiger partial charge is 0.497 e. The van der Waals surface area contributed by atoms with Gasteiger partial charge in [0.2, 0.25) is 0 Å². The third kappa shape index (κ3) is 6.70. The molecule has 4 aromatic rings. The van der Waals surface area contributed by atoms with Crippen molar-refractivity contribution in [1.82, 2.24) is 5.32 Å². The maximum Gasteiger partial charge on any atom is 0.262 e. The van der Waals surface area contributed by atoms with Gasteiger partial charge in [-0.2, -0.15) is 5.26 Å². The van der Waals surface area contributed by atoms with Crippen LogP contribution in [-0.4, -0.2) is 27.2 Å². The summed E-state index contributed by atoms with van der Waals surface area (Å²) < 4.78 is 22.9. The Morgan fingerprint density at radius 1 is 0.923 bits per heavy atom. The molecular formula is C31H27BrN2O5. The van der Waals surface area contributed by atoms with Crippen LogP contribution in [0.2, 0.25) is 0 Å². The van der Waals surface area contributed by atoms with E-state index < -0.39 is 5.91 Å². The van der Waals surface area contributed by atoms with Crippen molar-refractivity contribution in [2.24, 2.45) is 0 Å². The number of benzene rings is 4. The fourth-order valence-corrected chi connectivity index (χ4v) is 4.61. The van der Waals surface area contributed by atoms with Crippen LogP contribution < -0.4 is 24.3 Å². The molecule has 4 rings (SSSR count). The lowest BCUT2D eigenvalue weighted by atomic mass is 10.1. The lowest BCUT2D eigenvalue weighted by Gasteiger charge is -2.14. The van der Waals surface area contributed by atoms with E-state index in [0.29, 0.717) is 39.6 Å². The molecule has 0 spiro atoms. The van der Waals surface area contributed by atoms with Crippen LogP contribution in [0.5, 0.6) is 23.0 Å². The highest BCUT2D eigenvalue weighted by atomic mass is 79.9. The monoisotopic (exact) mass is 586 g/mol. The molecular weight excluding hydrogens is 560 g/mol. The third-order valence-electron chi connectivity index (χ3n) is 6.06. The Balaban J connectivity index is 1.49. The standard InChI is InChI=1S/C31H27BrN2O5/c1-36-26-11-10-24(28(16-26)37-2)18-34-31(35)25(17-33)13-21-14-27(32)30(29(15-21)38-3)39-19-20-8-9-22-6-4-5-7-23(22)12-20/h4-16H,18-19H2,1-3H3,(H,34,35)/b25-13+. The van der Waals surface area contributed by atoms with Crippen molar-refractivity contribution in [3.63, 3.8) is 0 Å². The second kappa shape index (κ2) is 12.9. The zero-order valence-electron chi connectivity index (χ0n) is 21.8. The van der Waals surface area contributed by atoms with E-state index in [1.807, 2.05) is 24.3 Å². The van der Waals surface area contributed by atoms with Crippen molar-refractivity contribution >= 4 is 38.7 Å². The number of halogens is 1. The number of carbonyl (C=O) groups excluding carboxylic acids is 1. The van der Waals surface area contributed by atoms with E-state index in [9.17, 15) is 10.1 Å². The van der Waals surface area contributed by atoms with Gasteiger partial charge in [0, 0.05) is 18.2 Å². The number of ether oxygens (including phenoxy) is 4. The van der Waals surface area contributed by atoms with E-state index in [1.54, 1.807) is 44.6 Å². The molecule has 0 heterocycles. The number of carbonyl (C=O) groups is 1. The number of rotatable bonds is 10. The van der Waals surface area contributed by atoms with E-state index in [1.165, 1.54) is 13.2 Å². The molecule has 0 fully saturated rings. The van der Waals surface area contributed by atoms with E-state index in [2.05, 4.69) is 45.5 Å². The number of hydrogen-bond donors (Lipinski definition) is 1. The number of methoxy groups -OCH3 is 3. The van der Waals surface area contributed by atoms with Crippen molar-refractivity contribution in [3.8, 4) is 29.1 Å². The lowest BCUT2D eigenvalue weighted by Crippen LogP contribution is -2.24. The van der Waals surface area contributed by atoms with Gasteiger partial charge in [-0.15, -0.1) is 0 Å². The van der Waals surface area contributed by atoms with E-state index in [0.717, 1.165) is 21.9 Å². The number of fused-ring (bicyclic) bond motifs is 1. The summed E-state index contributed by atoms with van der Waals surface area (Å²) >= 11 is 3.55. The lowest BCUT2D eigenvalue weighted by molar-refractivity contribution is -0.117. The molecule has 0 atom stereocenters. The topological polar surface area (TPSA) is 89.8 Å². The first-order chi connectivity index (χ1) is 18.9. The molecule has 1 amide bonds. The fraction of sp³-hybridized carbons (Fsp3) is 0.161. The highest BCUT2D eigenvalue weighted by molar-refractivity contribution is 9.10. The van der Waals surface area contributed by atoms with Crippen LogP contribution in [-0.2, 0) is 17.9 Å². The first-order valence-electron chi connectivity index (χ1n) is 12.0. The Hall–Kier alpha value is -4.48. The molecule has 0 radical (unpaired) electrons. The summed E-state index contributed by atoms with van der Waals surface area (Å²) in [6.07, 6.45) is 1.50. The van der Waals surface area contributed by atoms with Crippen molar-refractivity contribution in [2.75, 3.05) is 21.3 Å². The maximum atomic E-state index is 12.8. The minimum absolute atomic E-state index is 0.0544. The Kier molecular flexibility index (Phi) is 9.08. The summed E-state index contributed by atoms with van der Waals surface area (Å²) in [5, 5.41) is 14.7. The summed E-state index contributed by atoms with van der Waals surface area (Å²) in [5.74, 6) is 1.70. The van der Waals surface area contributed by atoms with Crippen LogP contribution in [0.3, 0.4) is 0 Å². The van der Waals surface area contributed by atoms with Gasteiger partial charge in [-0.3, -0.25) is 4.79 Å². The van der Waals surface area contributed by atoms with Gasteiger partial charge in [0.1, 0.15) is 29.7 Å². The fourth-order valence-electron chi connectivity index (χ4n) is 4.03. The Bertz CT molecular complexity index is 1580. The molecule has 0 saturated carbocycles. The van der Waals surface area contributed by atoms with Gasteiger partial charge in [0.15, 0.2) is 11.5 Å². The summed E-state index contributed by atoms with van der Waals surface area (Å²) in [4.78, 5) is 12.8. The van der Waals surface area contributed by atoms with Crippen LogP contribution >= 0.6 is 15.9 Å². The van der Waals surface area contributed by atoms with Gasteiger partial charge in [0.05, 0.1) is 25.8 Å². The van der Waals surface area contributed by atoms with Crippen molar-refractivity contribution in [2.45, 2.75) is 13.2 Å². The van der Waals surface area contributed by atoms with Crippen molar-refractivity contribution < 1.29 is 23.7 Å². The molecule has 0 aliphatic heterocycles. The quantitative estimate of drug-likeness (QED) is 0.170. The summed E-state index contributed by atoms with van der Waals surface area (Å²) in [6.45, 7) is 0.523. The molecule has 8 heteroatoms. The highest BCUT2D eigenvalue weighted by Gasteiger charge is 2.15. The number of nitrogens with one attached hydrogen (secondary N) is 1. The molecule has 7 nitrogen and oxygen atoms in total. The molecule has 0 unspecified atom stereocenters. The van der Waals surface area contributed by atoms with Crippen molar-refractivity contribution in [3.05, 3.63) is 99.5 Å². The Labute approximate surface area is 235 Å². The molecule has 0 aromatic heterocycles. The second-order valence-electron chi connectivity index (χ2n) is 8.53. The molecule has 0 aliphatic carbocycles. The first-order valence-corrected chi connectivity index (χ1v) is 12.8. The van der Waals surface area contributed by atoms with Crippen LogP contribution in [0.4, 0.5) is 0 Å². The zero-order valence-corrected chi connectivity index (χ0v) is 23.4. The van der Waals surface area contributed by atoms with E-state index in [4.69, 9.17) is 18.9 Å². The van der Waals surface area contributed by atoms with Crippen LogP contribution in [0.1, 0.15) is 16.7 Å². The van der Waals surface area contributed by atoms with E-state index in [-0.39, 0.29) is 12.1 Å². The van der Waals surface area contributed by atoms with Gasteiger partial charge in [-0.05, 0) is 74.2 Å². The number of nitriles is 1. The van der Waals surface area contributed by atoms with Gasteiger partial charge in [-0.1, -0.05) is 36.4 Å². The first kappa shape index (κ1) is 27.6. The van der Waals surface area contributed by atoms with Crippen LogP contribution in [0.25, 0.3) is 16.8 Å². The van der Waals surface area contributed by atoms with Gasteiger partial charge in [-0.25, -0.2) is 0 Å². The normalized spacial score (nSPS) is 11.0. The predicted molar refractivity (Wildman–Crippen MR) is 154 cm³/mol. The number of amides is 1. The molecule has 1 N–H and O–H groups in total. The molecule has 0 aliphatic rings. The minimum atomic E-state index is -0.512. The maximum absolute atomic E-state index is 12.8. The smallest absolute Gasteiger partial charge is 0.262 e. The van der Waals surface area contributed by atoms with Gasteiger partial charge >= 0.3 is 0 Å². The van der Waals surface area contributed by atoms with Gasteiger partial charge in [0.25, 0.3) is 5.91 Å². The van der Waals surface area contributed by atoms with Crippen LogP contribution in [0.15, 0.2) is 82.8 Å². The Morgan fingerprint density at radius 2 is 1.69 bits per heavy atom. The molecule has 39 heavy (non-hydrogen) atoms. The van der Waals surface area contributed by atoms with Crippen molar-refractivity contribution in [1.29, 1.82) is 5.26 Å². The van der Waals surface area contributed by atoms with E-state index >= 15 is 0 Å². The predicted octanol–water partition coefficient (Wildman–Crippen LogP) is 6.43. The molecule has 198 valence electrons. The molecule has 0 bridgehead atoms. The summed E-state index contributed by atoms with van der Waals surface area (Å²) in [6, 6.07) is 25.1. The second-order valence-corrected chi connectivity index (χ2v) is 9.39. The highest BCUT2D eigenvalue weighted by Crippen LogP contribution is 2.38. The number of hydrogen-bond acceptors (Lipinski definition) is 6. The van der Waals surface area contributed by atoms with Gasteiger partial charge < -0.3 is 24.3 Å². The average Bonchev–Trinajstić information content (AvgIpc) is 2.97. The van der Waals surface area contributed by atoms with Crippen LogP contribution in [0, 0.1) is 11.3 Å². The summed E-state index contributed by atoms with van der Waals surface area (Å²) in [5.41, 5.74) is 2.32. The molecule has 4 aromatic carbocycles. The average molecular weight is 587 g/mol.